The summed E-state index contributed by atoms with van der Waals surface area (Å²) in [7, 11) is 0. The Balaban J connectivity index is 1.75. The largest absolute Gasteiger partial charge is 0.462 e. The predicted molar refractivity (Wildman–Crippen MR) is 127 cm³/mol. The number of aromatic amines is 1. The second kappa shape index (κ2) is 12.0. The van der Waals surface area contributed by atoms with Gasteiger partial charge in [0.1, 0.15) is 5.56 Å². The molecule has 1 aromatic heterocycles. The summed E-state index contributed by atoms with van der Waals surface area (Å²) in [5.41, 5.74) is 2.32. The predicted octanol–water partition coefficient (Wildman–Crippen LogP) is 4.32. The number of anilines is 1. The molecule has 0 bridgehead atoms. The molecular weight excluding hydrogens is 460 g/mol. The molecule has 0 spiro atoms. The zero-order valence-electron chi connectivity index (χ0n) is 19.0. The number of carbonyl (C=O) groups is 3. The molecule has 0 atom stereocenters. The van der Waals surface area contributed by atoms with Crippen LogP contribution in [-0.4, -0.2) is 44.3 Å². The van der Waals surface area contributed by atoms with Crippen LogP contribution in [-0.2, 0) is 14.2 Å². The number of esters is 3. The molecule has 34 heavy (non-hydrogen) atoms. The molecular formula is C25H26ClN2O6+. The van der Waals surface area contributed by atoms with Gasteiger partial charge >= 0.3 is 17.9 Å². The van der Waals surface area contributed by atoms with Gasteiger partial charge in [-0.3, -0.25) is 0 Å². The quantitative estimate of drug-likeness (QED) is 0.259. The van der Waals surface area contributed by atoms with Crippen LogP contribution in [0.5, 0.6) is 0 Å². The van der Waals surface area contributed by atoms with E-state index in [1.807, 2.05) is 0 Å². The van der Waals surface area contributed by atoms with Crippen molar-refractivity contribution in [2.75, 3.05) is 31.7 Å². The van der Waals surface area contributed by atoms with Crippen LogP contribution in [0.15, 0.2) is 48.7 Å². The lowest BCUT2D eigenvalue weighted by Crippen LogP contribution is -2.18. The molecule has 0 radical (unpaired) electrons. The molecule has 0 aliphatic rings. The van der Waals surface area contributed by atoms with E-state index in [1.165, 1.54) is 0 Å². The minimum atomic E-state index is -0.501. The number of pyridine rings is 1. The molecule has 0 unspecified atom stereocenters. The molecule has 0 fully saturated rings. The molecule has 178 valence electrons. The van der Waals surface area contributed by atoms with Gasteiger partial charge in [0.2, 0.25) is 5.52 Å². The van der Waals surface area contributed by atoms with Gasteiger partial charge in [-0.05, 0) is 56.7 Å². The van der Waals surface area contributed by atoms with Crippen molar-refractivity contribution < 1.29 is 33.6 Å². The second-order valence-electron chi connectivity index (χ2n) is 7.20. The SMILES string of the molecule is CCOC(=O)c1ccc2[nH+]cc(C(=O)OCC)c(NCCCOC(=O)c3ccc(Cl)cc3)c2c1. The molecule has 8 nitrogen and oxygen atoms in total. The summed E-state index contributed by atoms with van der Waals surface area (Å²) in [5.74, 6) is -1.40. The van der Waals surface area contributed by atoms with Gasteiger partial charge in [-0.15, -0.1) is 0 Å². The van der Waals surface area contributed by atoms with E-state index in [0.29, 0.717) is 45.8 Å². The Bertz CT molecular complexity index is 1170. The zero-order valence-corrected chi connectivity index (χ0v) is 19.7. The van der Waals surface area contributed by atoms with Gasteiger partial charge in [0.15, 0.2) is 6.20 Å². The summed E-state index contributed by atoms with van der Waals surface area (Å²) < 4.78 is 15.6. The van der Waals surface area contributed by atoms with E-state index in [0.717, 1.165) is 5.52 Å². The third-order valence-electron chi connectivity index (χ3n) is 4.87. The van der Waals surface area contributed by atoms with E-state index in [-0.39, 0.29) is 19.8 Å². The number of hydrogen-bond donors (Lipinski definition) is 1. The maximum absolute atomic E-state index is 12.5. The maximum atomic E-state index is 12.5. The number of hydrogen-bond acceptors (Lipinski definition) is 7. The number of aromatic nitrogens is 1. The van der Waals surface area contributed by atoms with Gasteiger partial charge < -0.3 is 19.5 Å². The molecule has 3 rings (SSSR count). The van der Waals surface area contributed by atoms with E-state index in [2.05, 4.69) is 10.3 Å². The Morgan fingerprint density at radius 1 is 0.882 bits per heavy atom. The summed E-state index contributed by atoms with van der Waals surface area (Å²) in [6.45, 7) is 4.52. The van der Waals surface area contributed by atoms with Gasteiger partial charge in [0.25, 0.3) is 0 Å². The van der Waals surface area contributed by atoms with Gasteiger partial charge in [0, 0.05) is 17.6 Å². The average molecular weight is 486 g/mol. The topological polar surface area (TPSA) is 105 Å². The van der Waals surface area contributed by atoms with Crippen molar-refractivity contribution in [1.82, 2.24) is 0 Å². The van der Waals surface area contributed by atoms with Gasteiger partial charge in [0.05, 0.1) is 42.0 Å². The summed E-state index contributed by atoms with van der Waals surface area (Å²) in [6.07, 6.45) is 2.05. The Morgan fingerprint density at radius 2 is 1.53 bits per heavy atom. The van der Waals surface area contributed by atoms with Crippen LogP contribution >= 0.6 is 11.6 Å². The molecule has 1 heterocycles. The fourth-order valence-corrected chi connectivity index (χ4v) is 3.39. The minimum Gasteiger partial charge on any atom is -0.462 e. The number of ether oxygens (including phenoxy) is 3. The fourth-order valence-electron chi connectivity index (χ4n) is 3.27. The monoisotopic (exact) mass is 485 g/mol. The standard InChI is InChI=1S/C25H25ClN2O6/c1-3-32-24(30)17-8-11-21-19(14-17)22(20(15-28-21)25(31)33-4-2)27-12-5-13-34-23(29)16-6-9-18(26)10-7-16/h6-11,14-15H,3-5,12-13H2,1-2H3,(H,27,28)/p+1. The van der Waals surface area contributed by atoms with Gasteiger partial charge in [-0.25, -0.2) is 19.4 Å². The Morgan fingerprint density at radius 3 is 2.24 bits per heavy atom. The highest BCUT2D eigenvalue weighted by Gasteiger charge is 2.21. The Hall–Kier alpha value is -3.65. The highest BCUT2D eigenvalue weighted by atomic mass is 35.5. The molecule has 2 aromatic carbocycles. The molecule has 2 N–H and O–H groups in total. The highest BCUT2D eigenvalue weighted by molar-refractivity contribution is 6.30. The summed E-state index contributed by atoms with van der Waals surface area (Å²) in [5, 5.41) is 4.41. The first kappa shape index (κ1) is 25.0. The fraction of sp³-hybridized carbons (Fsp3) is 0.280. The van der Waals surface area contributed by atoms with E-state index < -0.39 is 17.9 Å². The molecule has 3 aromatic rings. The van der Waals surface area contributed by atoms with Gasteiger partial charge in [-0.1, -0.05) is 11.6 Å². The number of carbonyl (C=O) groups excluding carboxylic acids is 3. The Labute approximate surface area is 202 Å². The smallest absolute Gasteiger partial charge is 0.346 e. The molecule has 0 aliphatic heterocycles. The highest BCUT2D eigenvalue weighted by Crippen LogP contribution is 2.26. The summed E-state index contributed by atoms with van der Waals surface area (Å²) >= 11 is 5.84. The number of rotatable bonds is 10. The van der Waals surface area contributed by atoms with Crippen molar-refractivity contribution in [3.05, 3.63) is 70.4 Å². The van der Waals surface area contributed by atoms with Crippen molar-refractivity contribution >= 4 is 46.1 Å². The second-order valence-corrected chi connectivity index (χ2v) is 7.64. The lowest BCUT2D eigenvalue weighted by molar-refractivity contribution is -0.344. The van der Waals surface area contributed by atoms with E-state index in [9.17, 15) is 14.4 Å². The van der Waals surface area contributed by atoms with Crippen LogP contribution in [0.1, 0.15) is 51.3 Å². The third kappa shape index (κ3) is 6.23. The first-order valence-corrected chi connectivity index (χ1v) is 11.3. The van der Waals surface area contributed by atoms with Crippen LogP contribution < -0.4 is 10.3 Å². The van der Waals surface area contributed by atoms with Crippen molar-refractivity contribution in [3.63, 3.8) is 0 Å². The van der Waals surface area contributed by atoms with Crippen LogP contribution in [0.3, 0.4) is 0 Å². The lowest BCUT2D eigenvalue weighted by Gasteiger charge is -2.13. The lowest BCUT2D eigenvalue weighted by atomic mass is 10.1. The number of H-pyrrole nitrogens is 1. The zero-order chi connectivity index (χ0) is 24.5. The van der Waals surface area contributed by atoms with Crippen LogP contribution in [0, 0.1) is 0 Å². The molecule has 0 amide bonds. The van der Waals surface area contributed by atoms with Crippen molar-refractivity contribution in [3.8, 4) is 0 Å². The van der Waals surface area contributed by atoms with E-state index in [4.69, 9.17) is 25.8 Å². The van der Waals surface area contributed by atoms with Crippen molar-refractivity contribution in [2.45, 2.75) is 20.3 Å². The summed E-state index contributed by atoms with van der Waals surface area (Å²) in [6, 6.07) is 11.5. The van der Waals surface area contributed by atoms with Crippen molar-refractivity contribution in [2.24, 2.45) is 0 Å². The van der Waals surface area contributed by atoms with E-state index in [1.54, 1.807) is 62.5 Å². The third-order valence-corrected chi connectivity index (χ3v) is 5.12. The molecule has 0 aliphatic carbocycles. The normalized spacial score (nSPS) is 10.6. The first-order chi connectivity index (χ1) is 16.4. The number of fused-ring (bicyclic) bond motifs is 1. The number of benzene rings is 2. The first-order valence-electron chi connectivity index (χ1n) is 10.9. The van der Waals surface area contributed by atoms with E-state index >= 15 is 0 Å². The van der Waals surface area contributed by atoms with Crippen LogP contribution in [0.25, 0.3) is 10.9 Å². The van der Waals surface area contributed by atoms with Crippen LogP contribution in [0.2, 0.25) is 5.02 Å². The Kier molecular flexibility index (Phi) is 8.81. The van der Waals surface area contributed by atoms with Crippen LogP contribution in [0.4, 0.5) is 5.69 Å². The number of halogens is 1. The maximum Gasteiger partial charge on any atom is 0.346 e. The summed E-state index contributed by atoms with van der Waals surface area (Å²) in [4.78, 5) is 40.0. The van der Waals surface area contributed by atoms with Crippen molar-refractivity contribution in [1.29, 1.82) is 0 Å². The molecule has 0 saturated carbocycles. The molecule has 0 saturated heterocycles. The molecule has 9 heteroatoms. The average Bonchev–Trinajstić information content (AvgIpc) is 2.84. The number of nitrogens with one attached hydrogen (secondary N) is 2. The van der Waals surface area contributed by atoms with Gasteiger partial charge in [-0.2, -0.15) is 0 Å². The minimum absolute atomic E-state index is 0.175.